The van der Waals surface area contributed by atoms with Crippen molar-refractivity contribution in [3.05, 3.63) is 83.9 Å². The number of carbonyl (C=O) groups excluding carboxylic acids is 1. The van der Waals surface area contributed by atoms with E-state index in [0.29, 0.717) is 6.61 Å². The normalized spacial score (nSPS) is 37.5. The van der Waals surface area contributed by atoms with E-state index in [2.05, 4.69) is 48.6 Å². The van der Waals surface area contributed by atoms with Gasteiger partial charge in [0.15, 0.2) is 0 Å². The van der Waals surface area contributed by atoms with Crippen molar-refractivity contribution >= 4 is 5.97 Å². The summed E-state index contributed by atoms with van der Waals surface area (Å²) in [5.41, 5.74) is 1.85. The van der Waals surface area contributed by atoms with E-state index < -0.39 is 5.41 Å². The molecular weight excluding hydrogens is 272 g/mol. The van der Waals surface area contributed by atoms with Gasteiger partial charge in [-0.05, 0) is 11.1 Å². The Morgan fingerprint density at radius 1 is 0.909 bits per heavy atom. The summed E-state index contributed by atoms with van der Waals surface area (Å²) in [5, 5.41) is 0. The minimum absolute atomic E-state index is 0.0276. The molecule has 1 aliphatic heterocycles. The summed E-state index contributed by atoms with van der Waals surface area (Å²) in [5.74, 6) is 0.364. The van der Waals surface area contributed by atoms with Crippen molar-refractivity contribution < 1.29 is 9.53 Å². The molecule has 1 spiro atoms. The molecule has 0 radical (unpaired) electrons. The zero-order chi connectivity index (χ0) is 14.8. The van der Waals surface area contributed by atoms with Crippen molar-refractivity contribution in [2.75, 3.05) is 6.61 Å². The van der Waals surface area contributed by atoms with E-state index in [9.17, 15) is 4.79 Å². The number of fused-ring (bicyclic) bond motifs is 1. The summed E-state index contributed by atoms with van der Waals surface area (Å²) in [6.07, 6.45) is 4.44. The maximum Gasteiger partial charge on any atom is 0.314 e. The molecule has 2 aromatic carbocycles. The number of hydrogen-bond donors (Lipinski definition) is 0. The molecule has 0 N–H and O–H groups in total. The van der Waals surface area contributed by atoms with Gasteiger partial charge in [0.1, 0.15) is 6.61 Å². The Morgan fingerprint density at radius 3 is 2.32 bits per heavy atom. The van der Waals surface area contributed by atoms with Crippen LogP contribution in [0.4, 0.5) is 0 Å². The Balaban J connectivity index is 1.69. The predicted octanol–water partition coefficient (Wildman–Crippen LogP) is 3.45. The van der Waals surface area contributed by atoms with Crippen LogP contribution in [0.1, 0.15) is 17.0 Å². The van der Waals surface area contributed by atoms with Gasteiger partial charge in [-0.25, -0.2) is 0 Å². The lowest BCUT2D eigenvalue weighted by Gasteiger charge is -2.22. The standard InChI is InChI=1S/C20H16O2/c21-18-20-16(14-7-3-1-4-8-14)11-12-17(20)19(20,13-22-18)15-9-5-2-6-10-15/h1-12,16-17H,13H2/t16?,17?,19-,20?/m1/s1. The lowest BCUT2D eigenvalue weighted by molar-refractivity contribution is -0.145. The molecule has 2 aliphatic carbocycles. The molecule has 4 atom stereocenters. The van der Waals surface area contributed by atoms with Crippen LogP contribution in [0.5, 0.6) is 0 Å². The Morgan fingerprint density at radius 2 is 1.59 bits per heavy atom. The summed E-state index contributed by atoms with van der Waals surface area (Å²) in [6.45, 7) is 0.508. The predicted molar refractivity (Wildman–Crippen MR) is 83.3 cm³/mol. The fraction of sp³-hybridized carbons (Fsp3) is 0.250. The number of hydrogen-bond acceptors (Lipinski definition) is 2. The minimum Gasteiger partial charge on any atom is -0.464 e. The van der Waals surface area contributed by atoms with Crippen LogP contribution in [-0.4, -0.2) is 12.6 Å². The zero-order valence-corrected chi connectivity index (χ0v) is 12.1. The molecule has 3 unspecified atom stereocenters. The Hall–Kier alpha value is -2.35. The van der Waals surface area contributed by atoms with Crippen molar-refractivity contribution in [1.29, 1.82) is 0 Å². The number of benzene rings is 2. The monoisotopic (exact) mass is 288 g/mol. The molecule has 2 nitrogen and oxygen atoms in total. The Bertz CT molecular complexity index is 780. The number of carbonyl (C=O) groups is 1. The van der Waals surface area contributed by atoms with Crippen LogP contribution in [0.2, 0.25) is 0 Å². The topological polar surface area (TPSA) is 26.3 Å². The highest BCUT2D eigenvalue weighted by atomic mass is 16.5. The van der Waals surface area contributed by atoms with Crippen LogP contribution in [0.25, 0.3) is 0 Å². The quantitative estimate of drug-likeness (QED) is 0.625. The van der Waals surface area contributed by atoms with Crippen LogP contribution in [-0.2, 0) is 14.9 Å². The smallest absolute Gasteiger partial charge is 0.314 e. The minimum atomic E-state index is -0.421. The highest BCUT2D eigenvalue weighted by Gasteiger charge is 2.88. The molecule has 1 heterocycles. The molecular formula is C20H16O2. The van der Waals surface area contributed by atoms with Crippen molar-refractivity contribution in [3.8, 4) is 0 Å². The summed E-state index contributed by atoms with van der Waals surface area (Å²) in [4.78, 5) is 12.7. The van der Waals surface area contributed by atoms with E-state index in [1.54, 1.807) is 0 Å². The van der Waals surface area contributed by atoms with Crippen LogP contribution in [0.15, 0.2) is 72.8 Å². The second-order valence-electron chi connectivity index (χ2n) is 6.53. The van der Waals surface area contributed by atoms with Crippen LogP contribution in [0.3, 0.4) is 0 Å². The van der Waals surface area contributed by atoms with E-state index in [4.69, 9.17) is 4.74 Å². The maximum atomic E-state index is 12.7. The fourth-order valence-electron chi connectivity index (χ4n) is 4.97. The first-order valence-corrected chi connectivity index (χ1v) is 7.78. The average Bonchev–Trinajstić information content (AvgIpc) is 2.85. The van der Waals surface area contributed by atoms with Crippen LogP contribution < -0.4 is 0 Å². The zero-order valence-electron chi connectivity index (χ0n) is 12.1. The molecule has 108 valence electrons. The Labute approximate surface area is 129 Å². The molecule has 1 saturated heterocycles. The molecule has 1 saturated carbocycles. The van der Waals surface area contributed by atoms with Crippen LogP contribution in [0, 0.1) is 11.3 Å². The highest BCUT2D eigenvalue weighted by molar-refractivity contribution is 5.92. The third kappa shape index (κ3) is 1.14. The summed E-state index contributed by atoms with van der Waals surface area (Å²) >= 11 is 0. The van der Waals surface area contributed by atoms with Gasteiger partial charge in [0.25, 0.3) is 0 Å². The van der Waals surface area contributed by atoms with Gasteiger partial charge in [-0.1, -0.05) is 72.8 Å². The van der Waals surface area contributed by atoms with E-state index in [1.807, 2.05) is 24.3 Å². The van der Waals surface area contributed by atoms with Crippen molar-refractivity contribution in [2.24, 2.45) is 11.3 Å². The molecule has 22 heavy (non-hydrogen) atoms. The first-order valence-electron chi connectivity index (χ1n) is 7.78. The molecule has 5 rings (SSSR count). The van der Waals surface area contributed by atoms with Crippen molar-refractivity contribution in [1.82, 2.24) is 0 Å². The number of allylic oxidation sites excluding steroid dienone is 2. The third-order valence-electron chi connectivity index (χ3n) is 5.88. The first-order chi connectivity index (χ1) is 10.8. The van der Waals surface area contributed by atoms with Crippen LogP contribution >= 0.6 is 0 Å². The van der Waals surface area contributed by atoms with Gasteiger partial charge in [0.05, 0.1) is 10.8 Å². The molecule has 0 bridgehead atoms. The van der Waals surface area contributed by atoms with Crippen molar-refractivity contribution in [2.45, 2.75) is 11.3 Å². The fourth-order valence-corrected chi connectivity index (χ4v) is 4.97. The van der Waals surface area contributed by atoms with Gasteiger partial charge in [-0.15, -0.1) is 0 Å². The largest absolute Gasteiger partial charge is 0.464 e. The molecule has 2 aromatic rings. The van der Waals surface area contributed by atoms with E-state index in [0.717, 1.165) is 0 Å². The third-order valence-corrected chi connectivity index (χ3v) is 5.88. The van der Waals surface area contributed by atoms with Gasteiger partial charge >= 0.3 is 5.97 Å². The molecule has 2 fully saturated rings. The van der Waals surface area contributed by atoms with Gasteiger partial charge in [-0.3, -0.25) is 4.79 Å². The van der Waals surface area contributed by atoms with Gasteiger partial charge in [0, 0.05) is 11.8 Å². The molecule has 3 aliphatic rings. The highest BCUT2D eigenvalue weighted by Crippen LogP contribution is 2.81. The lowest BCUT2D eigenvalue weighted by atomic mass is 9.77. The number of esters is 1. The Kier molecular flexibility index (Phi) is 2.16. The first kappa shape index (κ1) is 12.2. The maximum absolute atomic E-state index is 12.7. The lowest BCUT2D eigenvalue weighted by Crippen LogP contribution is -2.25. The van der Waals surface area contributed by atoms with E-state index in [-0.39, 0.29) is 23.2 Å². The van der Waals surface area contributed by atoms with E-state index in [1.165, 1.54) is 11.1 Å². The molecule has 2 heteroatoms. The van der Waals surface area contributed by atoms with E-state index >= 15 is 0 Å². The average molecular weight is 288 g/mol. The van der Waals surface area contributed by atoms with Gasteiger partial charge < -0.3 is 4.74 Å². The summed E-state index contributed by atoms with van der Waals surface area (Å²) in [6, 6.07) is 20.7. The molecule has 0 aromatic heterocycles. The number of ether oxygens (including phenoxy) is 1. The van der Waals surface area contributed by atoms with Gasteiger partial charge in [-0.2, -0.15) is 0 Å². The number of rotatable bonds is 2. The summed E-state index contributed by atoms with van der Waals surface area (Å²) in [7, 11) is 0. The second kappa shape index (κ2) is 3.89. The molecule has 0 amide bonds. The summed E-state index contributed by atoms with van der Waals surface area (Å²) < 4.78 is 5.55. The van der Waals surface area contributed by atoms with Gasteiger partial charge in [0.2, 0.25) is 0 Å². The number of cyclic esters (lactones) is 1. The SMILES string of the molecule is O=C1OC[C@@]2(c3ccccc3)C3C=CC(c4ccccc4)C132. The second-order valence-corrected chi connectivity index (χ2v) is 6.53. The van der Waals surface area contributed by atoms with Crippen molar-refractivity contribution in [3.63, 3.8) is 0 Å².